The second-order valence-electron chi connectivity index (χ2n) is 8.35. The van der Waals surface area contributed by atoms with Crippen LogP contribution < -0.4 is 5.56 Å². The molecule has 0 aliphatic carbocycles. The zero-order valence-electron chi connectivity index (χ0n) is 17.7. The van der Waals surface area contributed by atoms with Crippen molar-refractivity contribution < 1.29 is 14.0 Å². The summed E-state index contributed by atoms with van der Waals surface area (Å²) in [6.45, 7) is 4.49. The van der Waals surface area contributed by atoms with Crippen LogP contribution in [0.2, 0.25) is 0 Å². The summed E-state index contributed by atoms with van der Waals surface area (Å²) in [7, 11) is 0. The lowest BCUT2D eigenvalue weighted by Crippen LogP contribution is -2.52. The zero-order chi connectivity index (χ0) is 22.1. The van der Waals surface area contributed by atoms with Crippen molar-refractivity contribution in [1.29, 1.82) is 0 Å². The fraction of sp³-hybridized carbons (Fsp3) is 0.455. The molecule has 5 heterocycles. The SMILES string of the molecule is O=C(c1ccoc1)N1CCCC(C(=O)N2CCN(Cc3cc(=O)n4ccsc4n3)CC2)C1. The molecule has 5 rings (SSSR count). The maximum atomic E-state index is 13.1. The molecule has 0 bridgehead atoms. The molecule has 2 fully saturated rings. The number of amides is 2. The van der Waals surface area contributed by atoms with E-state index in [1.165, 1.54) is 23.9 Å². The highest BCUT2D eigenvalue weighted by molar-refractivity contribution is 7.15. The minimum atomic E-state index is -0.158. The molecule has 3 aromatic rings. The van der Waals surface area contributed by atoms with Crippen LogP contribution in [0.15, 0.2) is 45.4 Å². The van der Waals surface area contributed by atoms with Crippen LogP contribution in [0.25, 0.3) is 4.96 Å². The Labute approximate surface area is 188 Å². The molecule has 0 radical (unpaired) electrons. The highest BCUT2D eigenvalue weighted by Crippen LogP contribution is 2.22. The summed E-state index contributed by atoms with van der Waals surface area (Å²) in [5, 5.41) is 1.85. The van der Waals surface area contributed by atoms with Gasteiger partial charge in [0.25, 0.3) is 11.5 Å². The number of hydrogen-bond donors (Lipinski definition) is 0. The van der Waals surface area contributed by atoms with Gasteiger partial charge in [0.1, 0.15) is 6.26 Å². The lowest BCUT2D eigenvalue weighted by molar-refractivity contribution is -0.138. The average Bonchev–Trinajstić information content (AvgIpc) is 3.51. The number of furan rings is 1. The Morgan fingerprint density at radius 1 is 1.16 bits per heavy atom. The smallest absolute Gasteiger partial charge is 0.258 e. The Morgan fingerprint density at radius 2 is 2.00 bits per heavy atom. The van der Waals surface area contributed by atoms with Crippen molar-refractivity contribution in [1.82, 2.24) is 24.1 Å². The molecule has 2 amide bonds. The van der Waals surface area contributed by atoms with E-state index in [9.17, 15) is 14.4 Å². The summed E-state index contributed by atoms with van der Waals surface area (Å²) in [6, 6.07) is 3.25. The summed E-state index contributed by atoms with van der Waals surface area (Å²) in [6.07, 6.45) is 6.31. The monoisotopic (exact) mass is 455 g/mol. The highest BCUT2D eigenvalue weighted by atomic mass is 32.1. The molecule has 0 saturated carbocycles. The molecule has 10 heteroatoms. The van der Waals surface area contributed by atoms with Gasteiger partial charge in [0.05, 0.1) is 23.4 Å². The average molecular weight is 456 g/mol. The number of rotatable bonds is 4. The predicted molar refractivity (Wildman–Crippen MR) is 119 cm³/mol. The van der Waals surface area contributed by atoms with Gasteiger partial charge >= 0.3 is 0 Å². The van der Waals surface area contributed by atoms with Gasteiger partial charge in [-0.3, -0.25) is 23.7 Å². The fourth-order valence-corrected chi connectivity index (χ4v) is 5.25. The Bertz CT molecular complexity index is 1160. The lowest BCUT2D eigenvalue weighted by atomic mass is 9.95. The van der Waals surface area contributed by atoms with Crippen LogP contribution in [0.4, 0.5) is 0 Å². The van der Waals surface area contributed by atoms with Crippen molar-refractivity contribution in [2.75, 3.05) is 39.3 Å². The van der Waals surface area contributed by atoms with E-state index in [4.69, 9.17) is 4.42 Å². The number of carbonyl (C=O) groups is 2. The summed E-state index contributed by atoms with van der Waals surface area (Å²) in [5.74, 6) is -0.105. The Hall–Kier alpha value is -2.98. The number of piperidine rings is 1. The standard InChI is InChI=1S/C22H25N5O4S/c28-19-12-18(23-22-27(19)9-11-32-22)14-24-5-7-25(8-6-24)20(29)16-2-1-4-26(13-16)21(30)17-3-10-31-15-17/h3,9-12,15-16H,1-2,4-8,13-14H2. The molecular formula is C22H25N5O4S. The third-order valence-electron chi connectivity index (χ3n) is 6.25. The number of piperazine rings is 1. The van der Waals surface area contributed by atoms with E-state index in [1.54, 1.807) is 27.6 Å². The van der Waals surface area contributed by atoms with Gasteiger partial charge in [-0.05, 0) is 18.9 Å². The van der Waals surface area contributed by atoms with Crippen molar-refractivity contribution in [3.63, 3.8) is 0 Å². The number of likely N-dealkylation sites (tertiary alicyclic amines) is 1. The van der Waals surface area contributed by atoms with E-state index in [0.29, 0.717) is 43.2 Å². The summed E-state index contributed by atoms with van der Waals surface area (Å²) in [4.78, 5) is 49.1. The maximum Gasteiger partial charge on any atom is 0.258 e. The molecule has 2 aliphatic heterocycles. The molecule has 32 heavy (non-hydrogen) atoms. The molecule has 1 unspecified atom stereocenters. The van der Waals surface area contributed by atoms with Gasteiger partial charge in [-0.1, -0.05) is 0 Å². The Balaban J connectivity index is 1.16. The van der Waals surface area contributed by atoms with E-state index in [1.807, 2.05) is 10.3 Å². The molecule has 1 atom stereocenters. The second-order valence-corrected chi connectivity index (χ2v) is 9.22. The minimum Gasteiger partial charge on any atom is -0.472 e. The van der Waals surface area contributed by atoms with Crippen LogP contribution in [0.3, 0.4) is 0 Å². The molecule has 2 aliphatic rings. The Morgan fingerprint density at radius 3 is 2.78 bits per heavy atom. The first-order valence-corrected chi connectivity index (χ1v) is 11.7. The topological polar surface area (TPSA) is 91.4 Å². The first-order valence-electron chi connectivity index (χ1n) is 10.9. The van der Waals surface area contributed by atoms with E-state index in [2.05, 4.69) is 9.88 Å². The van der Waals surface area contributed by atoms with Crippen molar-refractivity contribution in [2.24, 2.45) is 5.92 Å². The van der Waals surface area contributed by atoms with Gasteiger partial charge < -0.3 is 14.2 Å². The van der Waals surface area contributed by atoms with Crippen molar-refractivity contribution in [3.8, 4) is 0 Å². The second kappa shape index (κ2) is 8.87. The molecule has 168 valence electrons. The number of aromatic nitrogens is 2. The van der Waals surface area contributed by atoms with Gasteiger partial charge in [-0.15, -0.1) is 11.3 Å². The molecule has 0 N–H and O–H groups in total. The molecular weight excluding hydrogens is 430 g/mol. The van der Waals surface area contributed by atoms with Crippen LogP contribution in [0, 0.1) is 5.92 Å². The van der Waals surface area contributed by atoms with E-state index in [-0.39, 0.29) is 23.3 Å². The maximum absolute atomic E-state index is 13.1. The van der Waals surface area contributed by atoms with E-state index < -0.39 is 0 Å². The van der Waals surface area contributed by atoms with Gasteiger partial charge in [0, 0.05) is 63.5 Å². The third-order valence-corrected chi connectivity index (χ3v) is 7.01. The van der Waals surface area contributed by atoms with Gasteiger partial charge in [-0.2, -0.15) is 0 Å². The molecule has 2 saturated heterocycles. The van der Waals surface area contributed by atoms with Crippen LogP contribution in [-0.2, 0) is 11.3 Å². The third kappa shape index (κ3) is 4.20. The lowest BCUT2D eigenvalue weighted by Gasteiger charge is -2.38. The minimum absolute atomic E-state index is 0.0631. The summed E-state index contributed by atoms with van der Waals surface area (Å²) < 4.78 is 6.57. The van der Waals surface area contributed by atoms with Crippen molar-refractivity contribution >= 4 is 28.1 Å². The predicted octanol–water partition coefficient (Wildman–Crippen LogP) is 1.55. The normalized spacial score (nSPS) is 20.1. The van der Waals surface area contributed by atoms with Crippen LogP contribution in [0.5, 0.6) is 0 Å². The molecule has 0 aromatic carbocycles. The first-order chi connectivity index (χ1) is 15.6. The molecule has 9 nitrogen and oxygen atoms in total. The summed E-state index contributed by atoms with van der Waals surface area (Å²) in [5.41, 5.74) is 1.23. The first kappa shape index (κ1) is 20.9. The zero-order valence-corrected chi connectivity index (χ0v) is 18.5. The molecule has 3 aromatic heterocycles. The molecule has 0 spiro atoms. The number of hydrogen-bond acceptors (Lipinski definition) is 7. The van der Waals surface area contributed by atoms with E-state index in [0.717, 1.165) is 31.6 Å². The van der Waals surface area contributed by atoms with Crippen LogP contribution >= 0.6 is 11.3 Å². The Kier molecular flexibility index (Phi) is 5.79. The number of thiazole rings is 1. The number of fused-ring (bicyclic) bond motifs is 1. The van der Waals surface area contributed by atoms with Crippen molar-refractivity contribution in [3.05, 3.63) is 57.8 Å². The number of carbonyl (C=O) groups excluding carboxylic acids is 2. The fourth-order valence-electron chi connectivity index (χ4n) is 4.51. The van der Waals surface area contributed by atoms with E-state index >= 15 is 0 Å². The van der Waals surface area contributed by atoms with Gasteiger partial charge in [-0.25, -0.2) is 4.98 Å². The highest BCUT2D eigenvalue weighted by Gasteiger charge is 2.33. The van der Waals surface area contributed by atoms with Gasteiger partial charge in [0.15, 0.2) is 4.96 Å². The van der Waals surface area contributed by atoms with Crippen molar-refractivity contribution in [2.45, 2.75) is 19.4 Å². The largest absolute Gasteiger partial charge is 0.472 e. The quantitative estimate of drug-likeness (QED) is 0.593. The summed E-state index contributed by atoms with van der Waals surface area (Å²) >= 11 is 1.45. The number of nitrogens with zero attached hydrogens (tertiary/aromatic N) is 5. The van der Waals surface area contributed by atoms with Gasteiger partial charge in [0.2, 0.25) is 5.91 Å². The van der Waals surface area contributed by atoms with Crippen LogP contribution in [0.1, 0.15) is 28.9 Å². The van der Waals surface area contributed by atoms with Crippen LogP contribution in [-0.4, -0.2) is 75.2 Å².